The van der Waals surface area contributed by atoms with E-state index in [1.807, 2.05) is 26.2 Å². The number of hydrogen-bond acceptors (Lipinski definition) is 2. The Morgan fingerprint density at radius 2 is 1.31 bits per heavy atom. The van der Waals surface area contributed by atoms with Crippen molar-refractivity contribution in [3.05, 3.63) is 102 Å². The minimum absolute atomic E-state index is 0.576. The molecule has 0 aliphatic carbocycles. The molecule has 0 aliphatic rings. The zero-order chi connectivity index (χ0) is 20.5. The van der Waals surface area contributed by atoms with Crippen LogP contribution in [-0.4, -0.2) is 38.0 Å². The van der Waals surface area contributed by atoms with Gasteiger partial charge in [-0.25, -0.2) is 0 Å². The van der Waals surface area contributed by atoms with Gasteiger partial charge in [-0.05, 0) is 60.5 Å². The van der Waals surface area contributed by atoms with E-state index in [9.17, 15) is 0 Å². The van der Waals surface area contributed by atoms with Crippen LogP contribution < -0.4 is 4.74 Å². The first kappa shape index (κ1) is 21.2. The highest BCUT2D eigenvalue weighted by Crippen LogP contribution is 2.35. The van der Waals surface area contributed by atoms with Gasteiger partial charge in [0.1, 0.15) is 12.4 Å². The maximum absolute atomic E-state index is 6.21. The fourth-order valence-electron chi connectivity index (χ4n) is 3.33. The zero-order valence-corrected chi connectivity index (χ0v) is 17.9. The van der Waals surface area contributed by atoms with Crippen LogP contribution >= 0.6 is 11.6 Å². The minimum atomic E-state index is 0.576. The van der Waals surface area contributed by atoms with E-state index in [-0.39, 0.29) is 0 Å². The molecule has 3 heteroatoms. The van der Waals surface area contributed by atoms with Gasteiger partial charge in [0, 0.05) is 12.4 Å². The lowest BCUT2D eigenvalue weighted by molar-refractivity contribution is 0.261. The van der Waals surface area contributed by atoms with Crippen molar-refractivity contribution in [2.45, 2.75) is 6.42 Å². The summed E-state index contributed by atoms with van der Waals surface area (Å²) in [5, 5.41) is 0. The van der Waals surface area contributed by atoms with Crippen LogP contribution in [0.4, 0.5) is 0 Å². The molecule has 0 bridgehead atoms. The van der Waals surface area contributed by atoms with Crippen molar-refractivity contribution >= 4 is 22.7 Å². The third-order valence-electron chi connectivity index (χ3n) is 4.78. The molecular weight excluding hydrogens is 378 g/mol. The van der Waals surface area contributed by atoms with E-state index in [0.29, 0.717) is 12.5 Å². The van der Waals surface area contributed by atoms with E-state index in [4.69, 9.17) is 16.3 Å². The summed E-state index contributed by atoms with van der Waals surface area (Å²) in [6.07, 6.45) is 0.802. The van der Waals surface area contributed by atoms with E-state index in [0.717, 1.165) is 18.7 Å². The topological polar surface area (TPSA) is 12.5 Å². The van der Waals surface area contributed by atoms with Crippen molar-refractivity contribution in [1.82, 2.24) is 4.90 Å². The van der Waals surface area contributed by atoms with Crippen molar-refractivity contribution in [1.29, 1.82) is 0 Å². The molecule has 2 nitrogen and oxygen atoms in total. The molecule has 0 aliphatic heterocycles. The molecule has 0 saturated carbocycles. The molecule has 0 fully saturated rings. The van der Waals surface area contributed by atoms with Crippen LogP contribution in [0.15, 0.2) is 84.9 Å². The minimum Gasteiger partial charge on any atom is -0.492 e. The molecule has 0 atom stereocenters. The smallest absolute Gasteiger partial charge is 0.119 e. The summed E-state index contributed by atoms with van der Waals surface area (Å²) in [6.45, 7) is 1.57. The summed E-state index contributed by atoms with van der Waals surface area (Å²) < 4.78 is 5.87. The molecule has 0 amide bonds. The largest absolute Gasteiger partial charge is 0.492 e. The van der Waals surface area contributed by atoms with Crippen molar-refractivity contribution in [3.8, 4) is 5.75 Å². The fraction of sp³-hybridized carbons (Fsp3) is 0.231. The highest BCUT2D eigenvalue weighted by Gasteiger charge is 2.14. The van der Waals surface area contributed by atoms with Crippen LogP contribution in [0.3, 0.4) is 0 Å². The predicted molar refractivity (Wildman–Crippen MR) is 125 cm³/mol. The summed E-state index contributed by atoms with van der Waals surface area (Å²) in [4.78, 5) is 2.11. The van der Waals surface area contributed by atoms with Crippen molar-refractivity contribution < 1.29 is 4.74 Å². The molecule has 0 aromatic heterocycles. The van der Waals surface area contributed by atoms with Crippen LogP contribution in [0.25, 0.3) is 11.1 Å². The van der Waals surface area contributed by atoms with E-state index < -0.39 is 0 Å². The van der Waals surface area contributed by atoms with Gasteiger partial charge in [-0.1, -0.05) is 72.8 Å². The van der Waals surface area contributed by atoms with E-state index in [1.165, 1.54) is 27.8 Å². The number of halogens is 1. The predicted octanol–water partition coefficient (Wildman–Crippen LogP) is 6.22. The summed E-state index contributed by atoms with van der Waals surface area (Å²) in [6, 6.07) is 29.4. The van der Waals surface area contributed by atoms with Crippen LogP contribution in [0, 0.1) is 0 Å². The van der Waals surface area contributed by atoms with Gasteiger partial charge in [0.25, 0.3) is 0 Å². The number of allylic oxidation sites excluding steroid dienone is 1. The molecule has 3 rings (SSSR count). The van der Waals surface area contributed by atoms with Gasteiger partial charge in [0.05, 0.1) is 0 Å². The molecule has 0 unspecified atom stereocenters. The molecule has 3 aromatic rings. The highest BCUT2D eigenvalue weighted by atomic mass is 35.5. The van der Waals surface area contributed by atoms with E-state index in [1.54, 1.807) is 0 Å². The van der Waals surface area contributed by atoms with Gasteiger partial charge in [0.15, 0.2) is 0 Å². The lowest BCUT2D eigenvalue weighted by Gasteiger charge is -2.17. The third kappa shape index (κ3) is 5.96. The first-order chi connectivity index (χ1) is 14.2. The summed E-state index contributed by atoms with van der Waals surface area (Å²) in [5.41, 5.74) is 6.04. The van der Waals surface area contributed by atoms with Crippen LogP contribution in [0.2, 0.25) is 0 Å². The molecule has 3 aromatic carbocycles. The number of hydrogen-bond donors (Lipinski definition) is 0. The summed E-state index contributed by atoms with van der Waals surface area (Å²) in [5.74, 6) is 1.47. The lowest BCUT2D eigenvalue weighted by atomic mass is 9.88. The first-order valence-corrected chi connectivity index (χ1v) is 10.5. The molecule has 0 heterocycles. The van der Waals surface area contributed by atoms with Crippen molar-refractivity contribution in [3.63, 3.8) is 0 Å². The number of benzene rings is 3. The van der Waals surface area contributed by atoms with Gasteiger partial charge < -0.3 is 9.64 Å². The summed E-state index contributed by atoms with van der Waals surface area (Å²) in [7, 11) is 4.09. The van der Waals surface area contributed by atoms with Crippen LogP contribution in [-0.2, 0) is 0 Å². The first-order valence-electron chi connectivity index (χ1n) is 9.97. The van der Waals surface area contributed by atoms with Gasteiger partial charge in [-0.2, -0.15) is 0 Å². The second kappa shape index (κ2) is 10.8. The van der Waals surface area contributed by atoms with E-state index >= 15 is 0 Å². The van der Waals surface area contributed by atoms with Crippen molar-refractivity contribution in [2.75, 3.05) is 33.1 Å². The van der Waals surface area contributed by atoms with Gasteiger partial charge in [-0.15, -0.1) is 11.6 Å². The molecule has 0 spiro atoms. The average molecular weight is 406 g/mol. The maximum Gasteiger partial charge on any atom is 0.119 e. The number of ether oxygens (including phenoxy) is 1. The standard InChI is InChI=1S/C26H28ClNO/c1-28(2)19-20-29-24-15-13-23(14-16-24)26(22-11-7-4-8-12-22)25(17-18-27)21-9-5-3-6-10-21/h3-16H,17-20H2,1-2H3. The number of likely N-dealkylation sites (N-methyl/N-ethyl adjacent to an activating group) is 1. The Hall–Kier alpha value is -2.55. The highest BCUT2D eigenvalue weighted by molar-refractivity contribution is 6.18. The van der Waals surface area contributed by atoms with Crippen LogP contribution in [0.1, 0.15) is 23.1 Å². The zero-order valence-electron chi connectivity index (χ0n) is 17.1. The van der Waals surface area contributed by atoms with Crippen molar-refractivity contribution in [2.24, 2.45) is 0 Å². The second-order valence-corrected chi connectivity index (χ2v) is 7.58. The molecule has 150 valence electrons. The monoisotopic (exact) mass is 405 g/mol. The van der Waals surface area contributed by atoms with E-state index in [2.05, 4.69) is 77.7 Å². The average Bonchev–Trinajstić information content (AvgIpc) is 2.75. The third-order valence-corrected chi connectivity index (χ3v) is 4.97. The van der Waals surface area contributed by atoms with Gasteiger partial charge >= 0.3 is 0 Å². The molecule has 0 saturated heterocycles. The Kier molecular flexibility index (Phi) is 7.92. The van der Waals surface area contributed by atoms with Gasteiger partial charge in [0.2, 0.25) is 0 Å². The second-order valence-electron chi connectivity index (χ2n) is 7.20. The Morgan fingerprint density at radius 1 is 0.759 bits per heavy atom. The Bertz CT molecular complexity index is 902. The molecule has 29 heavy (non-hydrogen) atoms. The number of nitrogens with zero attached hydrogens (tertiary/aromatic N) is 1. The Labute approximate surface area is 179 Å². The Balaban J connectivity index is 2.02. The van der Waals surface area contributed by atoms with Gasteiger partial charge in [-0.3, -0.25) is 0 Å². The SMILES string of the molecule is CN(C)CCOc1ccc(C(=C(CCCl)c2ccccc2)c2ccccc2)cc1. The molecule has 0 N–H and O–H groups in total. The molecular formula is C26H28ClNO. The maximum atomic E-state index is 6.21. The normalized spacial score (nSPS) is 12.0. The fourth-order valence-corrected chi connectivity index (χ4v) is 3.52. The Morgan fingerprint density at radius 3 is 1.86 bits per heavy atom. The summed E-state index contributed by atoms with van der Waals surface area (Å²) >= 11 is 6.21. The molecule has 0 radical (unpaired) electrons. The lowest BCUT2D eigenvalue weighted by Crippen LogP contribution is -2.19. The van der Waals surface area contributed by atoms with Crippen LogP contribution in [0.5, 0.6) is 5.75 Å². The quantitative estimate of drug-likeness (QED) is 0.309. The number of alkyl halides is 1. The number of rotatable bonds is 9.